The van der Waals surface area contributed by atoms with E-state index in [0.29, 0.717) is 12.8 Å². The highest BCUT2D eigenvalue weighted by Crippen LogP contribution is 2.29. The van der Waals surface area contributed by atoms with Gasteiger partial charge in [0.15, 0.2) is 0 Å². The lowest BCUT2D eigenvalue weighted by molar-refractivity contribution is -0.138. The summed E-state index contributed by atoms with van der Waals surface area (Å²) in [5.74, 6) is 0.259. The monoisotopic (exact) mass is 337 g/mol. The summed E-state index contributed by atoms with van der Waals surface area (Å²) in [6.45, 7) is 8.76. The van der Waals surface area contributed by atoms with Crippen molar-refractivity contribution in [2.24, 2.45) is 0 Å². The molecule has 1 aromatic heterocycles. The van der Waals surface area contributed by atoms with Gasteiger partial charge in [0.2, 0.25) is 11.8 Å². The van der Waals surface area contributed by atoms with Gasteiger partial charge in [-0.3, -0.25) is 9.59 Å². The number of amides is 2. The third-order valence-corrected chi connectivity index (χ3v) is 5.90. The molecule has 0 bridgehead atoms. The van der Waals surface area contributed by atoms with Crippen LogP contribution < -0.4 is 0 Å². The summed E-state index contributed by atoms with van der Waals surface area (Å²) in [5.41, 5.74) is 0.999. The van der Waals surface area contributed by atoms with E-state index in [-0.39, 0.29) is 23.9 Å². The van der Waals surface area contributed by atoms with Crippen molar-refractivity contribution in [3.05, 3.63) is 15.6 Å². The number of thiazole rings is 1. The molecule has 2 unspecified atom stereocenters. The molecule has 128 valence electrons. The first kappa shape index (κ1) is 17.9. The van der Waals surface area contributed by atoms with Crippen molar-refractivity contribution >= 4 is 23.2 Å². The van der Waals surface area contributed by atoms with Crippen LogP contribution in [0, 0.1) is 13.8 Å². The van der Waals surface area contributed by atoms with Crippen LogP contribution in [0.2, 0.25) is 0 Å². The Labute approximate surface area is 142 Å². The van der Waals surface area contributed by atoms with Gasteiger partial charge < -0.3 is 9.80 Å². The molecule has 0 N–H and O–H groups in total. The lowest BCUT2D eigenvalue weighted by atomic mass is 10.1. The normalized spacial score (nSPS) is 18.0. The lowest BCUT2D eigenvalue weighted by Gasteiger charge is -2.34. The minimum Gasteiger partial charge on any atom is -0.339 e. The van der Waals surface area contributed by atoms with Gasteiger partial charge in [0.1, 0.15) is 0 Å². The highest BCUT2D eigenvalue weighted by molar-refractivity contribution is 7.11. The van der Waals surface area contributed by atoms with Crippen molar-refractivity contribution in [3.8, 4) is 0 Å². The van der Waals surface area contributed by atoms with E-state index >= 15 is 0 Å². The van der Waals surface area contributed by atoms with Crippen LogP contribution >= 0.6 is 11.3 Å². The summed E-state index contributed by atoms with van der Waals surface area (Å²) in [4.78, 5) is 33.8. The van der Waals surface area contributed by atoms with Crippen LogP contribution in [-0.4, -0.2) is 46.2 Å². The molecule has 23 heavy (non-hydrogen) atoms. The van der Waals surface area contributed by atoms with Crippen LogP contribution in [0.15, 0.2) is 0 Å². The molecule has 0 saturated carbocycles. The molecule has 0 spiro atoms. The van der Waals surface area contributed by atoms with Crippen LogP contribution in [0.1, 0.15) is 61.2 Å². The maximum Gasteiger partial charge on any atom is 0.224 e. The molecule has 0 aliphatic carbocycles. The highest BCUT2D eigenvalue weighted by Gasteiger charge is 2.27. The van der Waals surface area contributed by atoms with Gasteiger partial charge in [-0.1, -0.05) is 0 Å². The Hall–Kier alpha value is -1.43. The fourth-order valence-electron chi connectivity index (χ4n) is 3.13. The molecule has 2 heterocycles. The van der Waals surface area contributed by atoms with E-state index in [9.17, 15) is 9.59 Å². The second kappa shape index (κ2) is 7.43. The van der Waals surface area contributed by atoms with E-state index in [4.69, 9.17) is 0 Å². The standard InChI is InChI=1S/C17H27N3O2S/c1-11(20-9-7-6-8-15(20)21)10-16(22)19(5)13(3)17-12(2)18-14(4)23-17/h11,13H,6-10H2,1-5H3. The number of aryl methyl sites for hydroxylation is 2. The van der Waals surface area contributed by atoms with Crippen molar-refractivity contribution in [3.63, 3.8) is 0 Å². The summed E-state index contributed by atoms with van der Waals surface area (Å²) in [6, 6.07) is -0.0211. The van der Waals surface area contributed by atoms with E-state index in [1.807, 2.05) is 39.6 Å². The van der Waals surface area contributed by atoms with Crippen LogP contribution in [-0.2, 0) is 9.59 Å². The minimum absolute atomic E-state index is 0.0120. The van der Waals surface area contributed by atoms with Gasteiger partial charge in [0, 0.05) is 37.4 Å². The quantitative estimate of drug-likeness (QED) is 0.830. The van der Waals surface area contributed by atoms with Gasteiger partial charge in [0.05, 0.1) is 16.7 Å². The number of hydrogen-bond acceptors (Lipinski definition) is 4. The van der Waals surface area contributed by atoms with Gasteiger partial charge in [-0.15, -0.1) is 11.3 Å². The van der Waals surface area contributed by atoms with Crippen molar-refractivity contribution in [2.75, 3.05) is 13.6 Å². The fraction of sp³-hybridized carbons (Fsp3) is 0.706. The first-order valence-electron chi connectivity index (χ1n) is 8.30. The third kappa shape index (κ3) is 4.10. The van der Waals surface area contributed by atoms with Gasteiger partial charge in [-0.25, -0.2) is 4.98 Å². The number of carbonyl (C=O) groups excluding carboxylic acids is 2. The van der Waals surface area contributed by atoms with E-state index in [2.05, 4.69) is 4.98 Å². The lowest BCUT2D eigenvalue weighted by Crippen LogP contribution is -2.44. The van der Waals surface area contributed by atoms with Crippen LogP contribution in [0.5, 0.6) is 0 Å². The zero-order valence-electron chi connectivity index (χ0n) is 14.8. The molecule has 2 rings (SSSR count). The second-order valence-corrected chi connectivity index (χ2v) is 7.70. The molecule has 1 fully saturated rings. The van der Waals surface area contributed by atoms with Crippen molar-refractivity contribution < 1.29 is 9.59 Å². The van der Waals surface area contributed by atoms with Gasteiger partial charge in [-0.05, 0) is 40.5 Å². The predicted octanol–water partition coefficient (Wildman–Crippen LogP) is 3.07. The smallest absolute Gasteiger partial charge is 0.224 e. The number of aromatic nitrogens is 1. The predicted molar refractivity (Wildman–Crippen MR) is 92.4 cm³/mol. The molecule has 0 aromatic carbocycles. The molecule has 1 aliphatic rings. The number of piperidine rings is 1. The van der Waals surface area contributed by atoms with E-state index in [1.165, 1.54) is 0 Å². The Morgan fingerprint density at radius 2 is 2.04 bits per heavy atom. The van der Waals surface area contributed by atoms with Gasteiger partial charge in [0.25, 0.3) is 0 Å². The molecule has 1 aromatic rings. The van der Waals surface area contributed by atoms with Crippen molar-refractivity contribution in [2.45, 2.75) is 65.5 Å². The Morgan fingerprint density at radius 3 is 2.61 bits per heavy atom. The highest BCUT2D eigenvalue weighted by atomic mass is 32.1. The van der Waals surface area contributed by atoms with Crippen LogP contribution in [0.25, 0.3) is 0 Å². The van der Waals surface area contributed by atoms with E-state index in [0.717, 1.165) is 35.0 Å². The number of likely N-dealkylation sites (tertiary alicyclic amines) is 1. The molecule has 2 atom stereocenters. The zero-order valence-corrected chi connectivity index (χ0v) is 15.6. The molecule has 1 aliphatic heterocycles. The number of nitrogens with zero attached hydrogens (tertiary/aromatic N) is 3. The van der Waals surface area contributed by atoms with Crippen molar-refractivity contribution in [1.29, 1.82) is 0 Å². The van der Waals surface area contributed by atoms with Gasteiger partial charge in [-0.2, -0.15) is 0 Å². The molecule has 5 nitrogen and oxygen atoms in total. The first-order valence-corrected chi connectivity index (χ1v) is 9.12. The number of carbonyl (C=O) groups is 2. The molecular weight excluding hydrogens is 310 g/mol. The topological polar surface area (TPSA) is 53.5 Å². The van der Waals surface area contributed by atoms with Crippen LogP contribution in [0.3, 0.4) is 0 Å². The number of hydrogen-bond donors (Lipinski definition) is 0. The molecule has 2 amide bonds. The maximum atomic E-state index is 12.6. The molecular formula is C17H27N3O2S. The maximum absolute atomic E-state index is 12.6. The molecule has 1 saturated heterocycles. The summed E-state index contributed by atoms with van der Waals surface area (Å²) in [6.07, 6.45) is 3.00. The van der Waals surface area contributed by atoms with Crippen LogP contribution in [0.4, 0.5) is 0 Å². The Kier molecular flexibility index (Phi) is 5.79. The minimum atomic E-state index is -0.0331. The fourth-order valence-corrected chi connectivity index (χ4v) is 4.15. The SMILES string of the molecule is Cc1nc(C)c(C(C)N(C)C(=O)CC(C)N2CCCCC2=O)s1. The van der Waals surface area contributed by atoms with Crippen molar-refractivity contribution in [1.82, 2.24) is 14.8 Å². The summed E-state index contributed by atoms with van der Waals surface area (Å²) >= 11 is 1.65. The third-order valence-electron chi connectivity index (χ3n) is 4.66. The average molecular weight is 337 g/mol. The summed E-state index contributed by atoms with van der Waals surface area (Å²) < 4.78 is 0. The number of rotatable bonds is 5. The Morgan fingerprint density at radius 1 is 1.35 bits per heavy atom. The van der Waals surface area contributed by atoms with Gasteiger partial charge >= 0.3 is 0 Å². The largest absolute Gasteiger partial charge is 0.339 e. The molecule has 0 radical (unpaired) electrons. The zero-order chi connectivity index (χ0) is 17.1. The first-order chi connectivity index (χ1) is 10.8. The van der Waals surface area contributed by atoms with E-state index in [1.54, 1.807) is 16.2 Å². The van der Waals surface area contributed by atoms with E-state index < -0.39 is 0 Å². The Bertz CT molecular complexity index is 584. The second-order valence-electron chi connectivity index (χ2n) is 6.46. The average Bonchev–Trinajstić information content (AvgIpc) is 2.84. The Balaban J connectivity index is 1.99. The molecule has 6 heteroatoms. The summed E-state index contributed by atoms with van der Waals surface area (Å²) in [7, 11) is 1.84. The summed E-state index contributed by atoms with van der Waals surface area (Å²) in [5, 5.41) is 1.03.